The summed E-state index contributed by atoms with van der Waals surface area (Å²) in [6, 6.07) is 52.3. The van der Waals surface area contributed by atoms with Crippen LogP contribution in [0.3, 0.4) is 0 Å². The number of nitrogens with one attached hydrogen (secondary N) is 2. The number of phenolic OH excluding ortho intramolecular Hbond substituents is 1. The Kier molecular flexibility index (Phi) is 40.6. The van der Waals surface area contributed by atoms with E-state index in [4.69, 9.17) is 57.9 Å². The van der Waals surface area contributed by atoms with E-state index in [1.54, 1.807) is 98.9 Å². The van der Waals surface area contributed by atoms with Gasteiger partial charge in [0, 0.05) is 88.4 Å². The molecule has 20 rings (SSSR count). The Morgan fingerprint density at radius 2 is 0.887 bits per heavy atom. The fourth-order valence-corrected chi connectivity index (χ4v) is 20.5. The number of carbonyl (C=O) groups is 3. The zero-order chi connectivity index (χ0) is 106. The van der Waals surface area contributed by atoms with Gasteiger partial charge < -0.3 is 53.1 Å². The molecular weight excluding hydrogens is 2310 g/mol. The van der Waals surface area contributed by atoms with Gasteiger partial charge in [0.25, 0.3) is 0 Å². The lowest BCUT2D eigenvalue weighted by Crippen LogP contribution is -2.33. The highest BCUT2D eigenvalue weighted by Gasteiger charge is 2.37. The average molecular weight is 2440 g/mol. The molecule has 796 valence electrons. The van der Waals surface area contributed by atoms with E-state index < -0.39 is 28.8 Å². The summed E-state index contributed by atoms with van der Waals surface area (Å²) >= 11 is 20.7. The van der Waals surface area contributed by atoms with Crippen LogP contribution in [0.2, 0.25) is 0 Å². The third kappa shape index (κ3) is 30.2. The molecule has 12 heterocycles. The molecule has 29 nitrogen and oxygen atoms in total. The number of H-pyrrole nitrogens is 1. The number of aromatic amines is 1. The lowest BCUT2D eigenvalue weighted by molar-refractivity contribution is 0.0229. The van der Waals surface area contributed by atoms with Crippen LogP contribution in [0.1, 0.15) is 179 Å². The number of aryl methyl sites for hydroxylation is 1. The molecule has 0 spiro atoms. The molecule has 0 fully saturated rings. The largest absolute Gasteiger partial charge is 0.507 e. The molecule has 6 aromatic heterocycles. The van der Waals surface area contributed by atoms with Crippen molar-refractivity contribution in [2.45, 2.75) is 204 Å². The summed E-state index contributed by atoms with van der Waals surface area (Å²) in [6.07, 6.45) is 7.02. The fraction of sp³-hybridized carbons (Fsp3) is 0.348. The molecule has 0 bridgehead atoms. The number of fused-ring (bicyclic) bond motifs is 5. The van der Waals surface area contributed by atoms with Crippen molar-refractivity contribution in [2.24, 2.45) is 0 Å². The zero-order valence-corrected chi connectivity index (χ0v) is 94.7. The maximum absolute atomic E-state index is 14.8. The van der Waals surface area contributed by atoms with Crippen molar-refractivity contribution in [3.63, 3.8) is 0 Å². The molecule has 0 saturated heterocycles. The topological polar surface area (TPSA) is 292 Å². The van der Waals surface area contributed by atoms with E-state index in [2.05, 4.69) is 126 Å². The van der Waals surface area contributed by atoms with Crippen molar-refractivity contribution in [2.75, 3.05) is 55.8 Å². The molecule has 6 aliphatic rings. The number of amides is 3. The minimum absolute atomic E-state index is 0. The maximum Gasteiger partial charge on any atom is 0.410 e. The predicted octanol–water partition coefficient (Wildman–Crippen LogP) is 26.5. The van der Waals surface area contributed by atoms with Crippen molar-refractivity contribution in [1.82, 2.24) is 79.2 Å². The molecule has 14 aromatic rings. The number of nitrogens with zero attached hydrogens (tertiary/aromatic N) is 14. The van der Waals surface area contributed by atoms with Gasteiger partial charge in [-0.1, -0.05) is 97.5 Å². The van der Waals surface area contributed by atoms with Gasteiger partial charge in [-0.25, -0.2) is 28.1 Å². The Bertz CT molecular complexity index is 7070. The molecule has 0 unspecified atom stereocenters. The van der Waals surface area contributed by atoms with Crippen LogP contribution >= 0.6 is 95.6 Å². The minimum atomic E-state index is -0.590. The van der Waals surface area contributed by atoms with Gasteiger partial charge in [0.05, 0.1) is 194 Å². The second-order valence-corrected chi connectivity index (χ2v) is 43.4. The van der Waals surface area contributed by atoms with Gasteiger partial charge in [0.2, 0.25) is 5.95 Å². The van der Waals surface area contributed by atoms with E-state index in [0.29, 0.717) is 108 Å². The van der Waals surface area contributed by atoms with Crippen LogP contribution < -0.4 is 29.0 Å². The summed E-state index contributed by atoms with van der Waals surface area (Å²) in [7, 11) is 10.3. The predicted molar refractivity (Wildman–Crippen MR) is 596 cm³/mol. The van der Waals surface area contributed by atoms with Gasteiger partial charge >= 0.3 is 18.3 Å². The number of benzene rings is 8. The van der Waals surface area contributed by atoms with Gasteiger partial charge in [-0.15, -0.1) is 0 Å². The molecule has 150 heavy (non-hydrogen) atoms. The van der Waals surface area contributed by atoms with Crippen LogP contribution in [0, 0.1) is 24.5 Å². The van der Waals surface area contributed by atoms with Crippen LogP contribution in [0.5, 0.6) is 34.5 Å². The molecule has 38 heteroatoms. The second-order valence-electron chi connectivity index (χ2n) is 38.6. The Labute approximate surface area is 924 Å². The van der Waals surface area contributed by atoms with E-state index in [1.807, 2.05) is 223 Å². The smallest absolute Gasteiger partial charge is 0.410 e. The standard InChI is InChI=1S/C24H25BrFN3O3.C23H23FN4O2.C19H17BrFN3O.C18H22BrN3O3.C10H15N3O2.C8H8Br2O.C8H9BrO.2CH4/c1-24(2,3)32-23(30)28-13-17-20(14-28)27-29(22(17)16-7-5-6-8-19(16)26)12-15-9-10-21(31-4)18(25)11-15;1-27-13-19-20(14-27)26-28(22(19)17-3-2-8-25-23(17)24)12-15-4-5-21(29)18(11-15)16-6-9-30-10-7-16;1-25-18-7-6-12(8-15(18)20)11-24-19(13-4-2-3-5-16(13)21)14-9-22-10-17(14)23-24;1-18(2,3)25-17(23)21-9-13-10-22(20-15(13)11-21)8-12-5-6-16(24-4)14(19)7-12;1-10(2,3)15-9(14)13-5-7-4-11-12-8(7)6-13;1-11-8-3-2-6(5-9)4-7(8)10;1-6-3-4-8(10-2)7(9)5-6;;/h5-11H,12-14H2,1-4H3;2-6,8,11,29H,7,9-10,12-14H2,1H3;2-8,22H,9-11H2,1H3;5-7,10H,8-9,11H2,1-4H3;4H,5-6H2,1-3H3,(H,11,12);2-4H,5H2,1H3;3-5H,1-2H3;2*1H4. The van der Waals surface area contributed by atoms with Crippen molar-refractivity contribution in [1.29, 1.82) is 0 Å². The van der Waals surface area contributed by atoms with E-state index in [1.165, 1.54) is 29.5 Å². The number of methoxy groups -OCH3 is 5. The lowest BCUT2D eigenvalue weighted by atomic mass is 9.98. The molecule has 3 N–H and O–H groups in total. The monoisotopic (exact) mass is 2430 g/mol. The summed E-state index contributed by atoms with van der Waals surface area (Å²) in [5.74, 6) is 3.28. The summed E-state index contributed by atoms with van der Waals surface area (Å²) in [6.45, 7) is 27.8. The molecule has 0 atom stereocenters. The fourth-order valence-electron chi connectivity index (χ4n) is 17.1. The van der Waals surface area contributed by atoms with Gasteiger partial charge in [0.15, 0.2) is 0 Å². The highest BCUT2D eigenvalue weighted by Crippen LogP contribution is 2.42. The second kappa shape index (κ2) is 52.3. The van der Waals surface area contributed by atoms with E-state index in [0.717, 1.165) is 184 Å². The number of pyridine rings is 1. The molecule has 3 amide bonds. The SMILES string of the molecule is C.C.CC(C)(C)OC(=O)N1Cc2cn[nH]c2C1.CN1Cc2nn(Cc3ccc(O)c(C4=CCOCC4)c3)c(-c3cccnc3F)c2C1.COc1ccc(C)cc1Br.COc1ccc(CBr)cc1Br.COc1ccc(Cn2cc3c(n2)CN(C(=O)OC(C)(C)C)C3)cc1Br.COc1ccc(Cn2nc3c(c2-c2ccccc2F)CN(C(=O)OC(C)(C)C)C3)cc1Br.COc1ccc(Cn2nc3c(c2-c2ccccc2F)CNC3)cc1Br. The first-order valence-electron chi connectivity index (χ1n) is 47.7. The van der Waals surface area contributed by atoms with Crippen LogP contribution in [0.15, 0.2) is 217 Å². The van der Waals surface area contributed by atoms with Crippen molar-refractivity contribution in [3.05, 3.63) is 330 Å². The van der Waals surface area contributed by atoms with Gasteiger partial charge in [0.1, 0.15) is 62.9 Å². The van der Waals surface area contributed by atoms with Crippen LogP contribution in [0.25, 0.3) is 39.3 Å². The highest BCUT2D eigenvalue weighted by atomic mass is 79.9. The highest BCUT2D eigenvalue weighted by molar-refractivity contribution is 9.11. The number of hydrogen-bond donors (Lipinski definition) is 3. The number of rotatable bonds is 18. The first kappa shape index (κ1) is 117. The summed E-state index contributed by atoms with van der Waals surface area (Å²) < 4.78 is 104. The van der Waals surface area contributed by atoms with E-state index in [9.17, 15) is 32.7 Å². The average Bonchev–Trinajstić information content (AvgIpc) is 1.61. The number of carbonyl (C=O) groups excluding carboxylic acids is 3. The number of aromatic nitrogens is 11. The molecule has 0 radical (unpaired) electrons. The molecule has 6 aliphatic heterocycles. The number of halogens is 9. The van der Waals surface area contributed by atoms with Gasteiger partial charge in [-0.05, 0) is 311 Å². The summed E-state index contributed by atoms with van der Waals surface area (Å²) in [5.41, 5.74) is 20.6. The number of aromatic hydroxyl groups is 1. The van der Waals surface area contributed by atoms with E-state index >= 15 is 0 Å². The normalized spacial score (nSPS) is 13.5. The lowest BCUT2D eigenvalue weighted by Gasteiger charge is -2.24. The van der Waals surface area contributed by atoms with Crippen molar-refractivity contribution in [3.8, 4) is 68.3 Å². The molecule has 0 saturated carbocycles. The summed E-state index contributed by atoms with van der Waals surface area (Å²) in [4.78, 5) is 47.4. The number of ether oxygens (including phenoxy) is 9. The van der Waals surface area contributed by atoms with Crippen molar-refractivity contribution < 1.29 is 75.3 Å². The Morgan fingerprint density at radius 3 is 1.37 bits per heavy atom. The van der Waals surface area contributed by atoms with E-state index in [-0.39, 0.29) is 44.4 Å². The van der Waals surface area contributed by atoms with Crippen LogP contribution in [0.4, 0.5) is 27.6 Å². The van der Waals surface area contributed by atoms with Crippen LogP contribution in [-0.4, -0.2) is 170 Å². The Morgan fingerprint density at radius 1 is 0.453 bits per heavy atom. The number of phenols is 1. The first-order valence-corrected chi connectivity index (χ1v) is 52.7. The number of hydrogen-bond acceptors (Lipinski definition) is 21. The molecule has 8 aromatic carbocycles. The minimum Gasteiger partial charge on any atom is -0.507 e. The quantitative estimate of drug-likeness (QED) is 0.0408. The molecular formula is C112H127Br6F3N16O13. The molecule has 0 aliphatic carbocycles. The van der Waals surface area contributed by atoms with Crippen molar-refractivity contribution >= 4 is 119 Å². The van der Waals surface area contributed by atoms with Gasteiger partial charge in [-0.3, -0.25) is 43.4 Å². The Hall–Kier alpha value is -12.1. The zero-order valence-electron chi connectivity index (χ0n) is 85.2. The van der Waals surface area contributed by atoms with Gasteiger partial charge in [-0.2, -0.15) is 29.9 Å². The summed E-state index contributed by atoms with van der Waals surface area (Å²) in [5, 5.41) is 40.2. The Balaban J connectivity index is 0.000000160. The first-order chi connectivity index (χ1) is 70.6. The number of alkyl halides is 1. The third-order valence-corrected chi connectivity index (χ3v) is 27.7. The maximum atomic E-state index is 14.8. The van der Waals surface area contributed by atoms with Crippen LogP contribution in [-0.2, 0) is 116 Å². The third-order valence-electron chi connectivity index (χ3n) is 23.9.